The Morgan fingerprint density at radius 1 is 1.29 bits per heavy atom. The summed E-state index contributed by atoms with van der Waals surface area (Å²) in [5, 5.41) is 8.25. The highest BCUT2D eigenvalue weighted by molar-refractivity contribution is 7.89. The van der Waals surface area contributed by atoms with E-state index in [1.807, 2.05) is 10.6 Å². The van der Waals surface area contributed by atoms with Crippen LogP contribution in [-0.4, -0.2) is 48.2 Å². The lowest BCUT2D eigenvalue weighted by Crippen LogP contribution is -2.22. The molecule has 1 aliphatic rings. The monoisotopic (exact) mass is 308 g/mol. The van der Waals surface area contributed by atoms with Crippen LogP contribution in [0.5, 0.6) is 0 Å². The molecule has 0 bridgehead atoms. The van der Waals surface area contributed by atoms with E-state index in [1.54, 1.807) is 18.2 Å². The van der Waals surface area contributed by atoms with Crippen LogP contribution >= 0.6 is 0 Å². The average Bonchev–Trinajstić information content (AvgIpc) is 2.91. The summed E-state index contributed by atoms with van der Waals surface area (Å²) in [7, 11) is -0.436. The molecule has 1 aromatic carbocycles. The predicted octanol–water partition coefficient (Wildman–Crippen LogP) is 0.726. The molecule has 1 aromatic heterocycles. The first-order chi connectivity index (χ1) is 10.00. The van der Waals surface area contributed by atoms with E-state index in [0.29, 0.717) is 25.6 Å². The van der Waals surface area contributed by atoms with Gasteiger partial charge in [-0.3, -0.25) is 0 Å². The summed E-state index contributed by atoms with van der Waals surface area (Å²) in [6.45, 7) is 1.71. The van der Waals surface area contributed by atoms with E-state index < -0.39 is 10.0 Å². The molecule has 21 heavy (non-hydrogen) atoms. The second-order valence-electron chi connectivity index (χ2n) is 4.96. The number of benzene rings is 1. The second kappa shape index (κ2) is 5.21. The fraction of sp³-hybridized carbons (Fsp3) is 0.385. The smallest absolute Gasteiger partial charge is 0.242 e. The molecule has 0 aliphatic carbocycles. The zero-order valence-corrected chi connectivity index (χ0v) is 12.7. The molecule has 3 rings (SSSR count). The Morgan fingerprint density at radius 3 is 2.86 bits per heavy atom. The minimum Gasteiger partial charge on any atom is -0.372 e. The Morgan fingerprint density at radius 2 is 2.10 bits per heavy atom. The lowest BCUT2D eigenvalue weighted by atomic mass is 10.2. The zero-order chi connectivity index (χ0) is 15.0. The maximum Gasteiger partial charge on any atom is 0.242 e. The minimum absolute atomic E-state index is 0.245. The molecule has 0 atom stereocenters. The quantitative estimate of drug-likeness (QED) is 0.835. The molecule has 0 saturated carbocycles. The number of fused-ring (bicyclic) bond motifs is 1. The van der Waals surface area contributed by atoms with Gasteiger partial charge in [0.2, 0.25) is 10.0 Å². The predicted molar refractivity (Wildman–Crippen MR) is 76.0 cm³/mol. The van der Waals surface area contributed by atoms with Gasteiger partial charge in [0.1, 0.15) is 6.61 Å². The third kappa shape index (κ3) is 2.45. The van der Waals surface area contributed by atoms with E-state index in [-0.39, 0.29) is 4.90 Å². The van der Waals surface area contributed by atoms with E-state index in [0.717, 1.165) is 11.4 Å². The van der Waals surface area contributed by atoms with Gasteiger partial charge in [-0.25, -0.2) is 12.7 Å². The molecule has 0 amide bonds. The van der Waals surface area contributed by atoms with Crippen molar-refractivity contribution >= 4 is 10.0 Å². The van der Waals surface area contributed by atoms with Gasteiger partial charge in [-0.05, 0) is 12.1 Å². The van der Waals surface area contributed by atoms with Gasteiger partial charge in [-0.2, -0.15) is 0 Å². The fourth-order valence-corrected chi connectivity index (χ4v) is 3.16. The van der Waals surface area contributed by atoms with E-state index in [4.69, 9.17) is 4.74 Å². The Labute approximate surface area is 123 Å². The largest absolute Gasteiger partial charge is 0.372 e. The van der Waals surface area contributed by atoms with Crippen molar-refractivity contribution in [3.8, 4) is 11.4 Å². The zero-order valence-electron chi connectivity index (χ0n) is 11.9. The number of hydrogen-bond acceptors (Lipinski definition) is 5. The topological polar surface area (TPSA) is 77.3 Å². The van der Waals surface area contributed by atoms with Gasteiger partial charge in [-0.1, -0.05) is 12.1 Å². The average molecular weight is 308 g/mol. The Kier molecular flexibility index (Phi) is 3.52. The summed E-state index contributed by atoms with van der Waals surface area (Å²) in [4.78, 5) is 0.245. The van der Waals surface area contributed by atoms with E-state index >= 15 is 0 Å². The highest BCUT2D eigenvalue weighted by Crippen LogP contribution is 2.24. The fourth-order valence-electron chi connectivity index (χ4n) is 2.22. The molecule has 7 nitrogen and oxygen atoms in total. The maximum absolute atomic E-state index is 12.2. The standard InChI is InChI=1S/C13H16N4O3S/c1-16(2)21(18,19)11-5-3-4-10(8-11)13-15-14-12-9-20-7-6-17(12)13/h3-5,8H,6-7,9H2,1-2H3. The molecule has 8 heteroatoms. The van der Waals surface area contributed by atoms with Gasteiger partial charge < -0.3 is 9.30 Å². The normalized spacial score (nSPS) is 15.2. The van der Waals surface area contributed by atoms with Crippen LogP contribution in [0.3, 0.4) is 0 Å². The Bertz CT molecular complexity index is 767. The first-order valence-corrected chi connectivity index (χ1v) is 7.97. The maximum atomic E-state index is 12.2. The van der Waals surface area contributed by atoms with Gasteiger partial charge in [0.15, 0.2) is 11.6 Å². The molecule has 0 radical (unpaired) electrons. The number of nitrogens with zero attached hydrogens (tertiary/aromatic N) is 4. The molecule has 2 aromatic rings. The number of sulfonamides is 1. The number of ether oxygens (including phenoxy) is 1. The summed E-state index contributed by atoms with van der Waals surface area (Å²) in [5.41, 5.74) is 0.735. The van der Waals surface area contributed by atoms with Crippen LogP contribution in [0.2, 0.25) is 0 Å². The number of rotatable bonds is 3. The minimum atomic E-state index is -3.46. The van der Waals surface area contributed by atoms with Crippen LogP contribution in [0.25, 0.3) is 11.4 Å². The molecule has 112 valence electrons. The third-order valence-electron chi connectivity index (χ3n) is 3.39. The Hall–Kier alpha value is -1.77. The van der Waals surface area contributed by atoms with Gasteiger partial charge >= 0.3 is 0 Å². The molecule has 0 unspecified atom stereocenters. The van der Waals surface area contributed by atoms with Crippen molar-refractivity contribution in [1.82, 2.24) is 19.1 Å². The lowest BCUT2D eigenvalue weighted by Gasteiger charge is -2.16. The van der Waals surface area contributed by atoms with Gasteiger partial charge in [-0.15, -0.1) is 10.2 Å². The van der Waals surface area contributed by atoms with E-state index in [1.165, 1.54) is 18.4 Å². The molecule has 0 N–H and O–H groups in total. The molecule has 0 fully saturated rings. The van der Waals surface area contributed by atoms with Crippen LogP contribution in [0.4, 0.5) is 0 Å². The third-order valence-corrected chi connectivity index (χ3v) is 5.20. The van der Waals surface area contributed by atoms with Gasteiger partial charge in [0.25, 0.3) is 0 Å². The Balaban J connectivity index is 2.07. The van der Waals surface area contributed by atoms with Crippen LogP contribution in [-0.2, 0) is 27.9 Å². The molecule has 0 saturated heterocycles. The SMILES string of the molecule is CN(C)S(=O)(=O)c1cccc(-c2nnc3n2CCOC3)c1. The molecule has 0 spiro atoms. The first-order valence-electron chi connectivity index (χ1n) is 6.53. The van der Waals surface area contributed by atoms with Gasteiger partial charge in [0, 0.05) is 26.2 Å². The van der Waals surface area contributed by atoms with Crippen LogP contribution < -0.4 is 0 Å². The van der Waals surface area contributed by atoms with E-state index in [9.17, 15) is 8.42 Å². The summed E-state index contributed by atoms with van der Waals surface area (Å²) in [6.07, 6.45) is 0. The number of aromatic nitrogens is 3. The molecule has 1 aliphatic heterocycles. The molecule has 2 heterocycles. The summed E-state index contributed by atoms with van der Waals surface area (Å²) in [6, 6.07) is 6.76. The van der Waals surface area contributed by atoms with Crippen molar-refractivity contribution in [2.75, 3.05) is 20.7 Å². The number of hydrogen-bond donors (Lipinski definition) is 0. The van der Waals surface area contributed by atoms with Gasteiger partial charge in [0.05, 0.1) is 11.5 Å². The molecular weight excluding hydrogens is 292 g/mol. The van der Waals surface area contributed by atoms with Crippen LogP contribution in [0.15, 0.2) is 29.2 Å². The second-order valence-corrected chi connectivity index (χ2v) is 7.11. The van der Waals surface area contributed by atoms with Crippen molar-refractivity contribution in [3.63, 3.8) is 0 Å². The van der Waals surface area contributed by atoms with Crippen molar-refractivity contribution in [3.05, 3.63) is 30.1 Å². The molecular formula is C13H16N4O3S. The van der Waals surface area contributed by atoms with Crippen LogP contribution in [0, 0.1) is 0 Å². The first kappa shape index (κ1) is 14.2. The lowest BCUT2D eigenvalue weighted by molar-refractivity contribution is 0.0821. The van der Waals surface area contributed by atoms with Crippen LogP contribution in [0.1, 0.15) is 5.82 Å². The van der Waals surface area contributed by atoms with Crippen molar-refractivity contribution < 1.29 is 13.2 Å². The highest BCUT2D eigenvalue weighted by atomic mass is 32.2. The summed E-state index contributed by atoms with van der Waals surface area (Å²) < 4.78 is 32.9. The summed E-state index contributed by atoms with van der Waals surface area (Å²) in [5.74, 6) is 1.43. The summed E-state index contributed by atoms with van der Waals surface area (Å²) >= 11 is 0. The van der Waals surface area contributed by atoms with Crippen molar-refractivity contribution in [2.24, 2.45) is 0 Å². The van der Waals surface area contributed by atoms with Crippen molar-refractivity contribution in [1.29, 1.82) is 0 Å². The van der Waals surface area contributed by atoms with Crippen molar-refractivity contribution in [2.45, 2.75) is 18.0 Å². The highest BCUT2D eigenvalue weighted by Gasteiger charge is 2.21. The van der Waals surface area contributed by atoms with E-state index in [2.05, 4.69) is 10.2 Å².